The number of hydrogen-bond acceptors (Lipinski definition) is 4. The molecule has 5 nitrogen and oxygen atoms in total. The van der Waals surface area contributed by atoms with Gasteiger partial charge in [-0.25, -0.2) is 17.8 Å². The molecule has 3 aromatic rings. The Labute approximate surface area is 150 Å². The summed E-state index contributed by atoms with van der Waals surface area (Å²) in [4.78, 5) is 16.7. The number of hydrogen-bond donors (Lipinski definition) is 1. The highest BCUT2D eigenvalue weighted by molar-refractivity contribution is 7.90. The molecule has 0 bridgehead atoms. The summed E-state index contributed by atoms with van der Waals surface area (Å²) in [6, 6.07) is 13.7. The van der Waals surface area contributed by atoms with E-state index in [1.54, 1.807) is 37.3 Å². The lowest BCUT2D eigenvalue weighted by Gasteiger charge is -2.14. The molecule has 0 saturated carbocycles. The summed E-state index contributed by atoms with van der Waals surface area (Å²) in [7, 11) is -3.27. The monoisotopic (exact) mass is 372 g/mol. The van der Waals surface area contributed by atoms with Gasteiger partial charge in [0.25, 0.3) is 5.91 Å². The Balaban J connectivity index is 1.80. The Morgan fingerprint density at radius 3 is 2.42 bits per heavy atom. The van der Waals surface area contributed by atoms with Gasteiger partial charge in [0.05, 0.1) is 10.9 Å². The molecule has 1 N–H and O–H groups in total. The molecule has 7 heteroatoms. The first kappa shape index (κ1) is 18.0. The van der Waals surface area contributed by atoms with Crippen molar-refractivity contribution >= 4 is 26.6 Å². The van der Waals surface area contributed by atoms with Gasteiger partial charge < -0.3 is 5.32 Å². The number of sulfone groups is 1. The van der Waals surface area contributed by atoms with Gasteiger partial charge in [-0.15, -0.1) is 0 Å². The maximum absolute atomic E-state index is 13.8. The van der Waals surface area contributed by atoms with Crippen LogP contribution in [0.2, 0.25) is 0 Å². The van der Waals surface area contributed by atoms with Crippen LogP contribution < -0.4 is 5.32 Å². The zero-order valence-electron chi connectivity index (χ0n) is 14.2. The van der Waals surface area contributed by atoms with Crippen LogP contribution in [0.25, 0.3) is 10.9 Å². The maximum atomic E-state index is 13.8. The average Bonchev–Trinajstić information content (AvgIpc) is 2.61. The van der Waals surface area contributed by atoms with Crippen molar-refractivity contribution in [2.24, 2.45) is 0 Å². The van der Waals surface area contributed by atoms with Gasteiger partial charge in [-0.3, -0.25) is 4.79 Å². The highest BCUT2D eigenvalue weighted by Crippen LogP contribution is 2.18. The maximum Gasteiger partial charge on any atom is 0.270 e. The van der Waals surface area contributed by atoms with E-state index < -0.39 is 21.6 Å². The standard InChI is InChI=1S/C19H17FN2O3S/c1-12(13-6-9-15(10-7-13)26(2,24)25)21-19(23)17-11-8-14-4-3-5-16(20)18(14)22-17/h3-12H,1-2H3,(H,21,23). The first-order chi connectivity index (χ1) is 12.3. The van der Waals surface area contributed by atoms with Gasteiger partial charge >= 0.3 is 0 Å². The van der Waals surface area contributed by atoms with Crippen LogP contribution in [0.5, 0.6) is 0 Å². The molecule has 0 aliphatic heterocycles. The van der Waals surface area contributed by atoms with E-state index in [2.05, 4.69) is 10.3 Å². The summed E-state index contributed by atoms with van der Waals surface area (Å²) in [6.07, 6.45) is 1.14. The van der Waals surface area contributed by atoms with Crippen molar-refractivity contribution < 1.29 is 17.6 Å². The summed E-state index contributed by atoms with van der Waals surface area (Å²) in [5.41, 5.74) is 1.00. The molecule has 0 saturated heterocycles. The summed E-state index contributed by atoms with van der Waals surface area (Å²) < 4.78 is 36.9. The molecule has 1 heterocycles. The molecule has 1 atom stereocenters. The van der Waals surface area contributed by atoms with Gasteiger partial charge in [0.2, 0.25) is 0 Å². The molecule has 2 aromatic carbocycles. The van der Waals surface area contributed by atoms with Crippen molar-refractivity contribution in [3.8, 4) is 0 Å². The van der Waals surface area contributed by atoms with Gasteiger partial charge in [0.1, 0.15) is 17.0 Å². The number of halogens is 1. The zero-order valence-corrected chi connectivity index (χ0v) is 15.0. The minimum atomic E-state index is -3.27. The van der Waals surface area contributed by atoms with Gasteiger partial charge in [0.15, 0.2) is 9.84 Å². The predicted molar refractivity (Wildman–Crippen MR) is 97.1 cm³/mol. The van der Waals surface area contributed by atoms with Crippen LogP contribution in [0.3, 0.4) is 0 Å². The predicted octanol–water partition coefficient (Wildman–Crippen LogP) is 3.27. The Kier molecular flexibility index (Phi) is 4.73. The van der Waals surface area contributed by atoms with Crippen LogP contribution in [0.1, 0.15) is 29.0 Å². The quantitative estimate of drug-likeness (QED) is 0.763. The van der Waals surface area contributed by atoms with Crippen molar-refractivity contribution in [1.82, 2.24) is 10.3 Å². The Bertz CT molecular complexity index is 1080. The molecule has 0 fully saturated rings. The van der Waals surface area contributed by atoms with Gasteiger partial charge in [0, 0.05) is 11.6 Å². The highest BCUT2D eigenvalue weighted by Gasteiger charge is 2.15. The summed E-state index contributed by atoms with van der Waals surface area (Å²) in [6.45, 7) is 1.77. The largest absolute Gasteiger partial charge is 0.344 e. The van der Waals surface area contributed by atoms with Crippen LogP contribution in [0, 0.1) is 5.82 Å². The van der Waals surface area contributed by atoms with E-state index >= 15 is 0 Å². The molecule has 26 heavy (non-hydrogen) atoms. The molecular weight excluding hydrogens is 355 g/mol. The number of carbonyl (C=O) groups is 1. The number of para-hydroxylation sites is 1. The number of amides is 1. The molecule has 134 valence electrons. The van der Waals surface area contributed by atoms with Crippen LogP contribution >= 0.6 is 0 Å². The van der Waals surface area contributed by atoms with Crippen molar-refractivity contribution in [2.45, 2.75) is 17.9 Å². The lowest BCUT2D eigenvalue weighted by atomic mass is 10.1. The van der Waals surface area contributed by atoms with Crippen molar-refractivity contribution in [3.63, 3.8) is 0 Å². The number of benzene rings is 2. The molecule has 3 rings (SSSR count). The average molecular weight is 372 g/mol. The molecule has 1 unspecified atom stereocenters. The fourth-order valence-electron chi connectivity index (χ4n) is 2.59. The summed E-state index contributed by atoms with van der Waals surface area (Å²) in [5.74, 6) is -0.920. The minimum absolute atomic E-state index is 0.113. The molecule has 0 aliphatic rings. The number of nitrogens with one attached hydrogen (secondary N) is 1. The molecule has 1 aromatic heterocycles. The second-order valence-electron chi connectivity index (χ2n) is 6.04. The first-order valence-corrected chi connectivity index (χ1v) is 9.81. The normalized spacial score (nSPS) is 12.7. The SMILES string of the molecule is CC(NC(=O)c1ccc2cccc(F)c2n1)c1ccc(S(C)(=O)=O)cc1. The number of pyridine rings is 1. The van der Waals surface area contributed by atoms with E-state index in [0.29, 0.717) is 5.39 Å². The summed E-state index contributed by atoms with van der Waals surface area (Å²) >= 11 is 0. The number of rotatable bonds is 4. The Morgan fingerprint density at radius 2 is 1.77 bits per heavy atom. The van der Waals surface area contributed by atoms with E-state index in [0.717, 1.165) is 11.8 Å². The number of nitrogens with zero attached hydrogens (tertiary/aromatic N) is 1. The Hall–Kier alpha value is -2.80. The third-order valence-electron chi connectivity index (χ3n) is 4.06. The number of fused-ring (bicyclic) bond motifs is 1. The smallest absolute Gasteiger partial charge is 0.270 e. The van der Waals surface area contributed by atoms with Gasteiger partial charge in [-0.1, -0.05) is 30.3 Å². The van der Waals surface area contributed by atoms with Gasteiger partial charge in [-0.2, -0.15) is 0 Å². The van der Waals surface area contributed by atoms with Crippen LogP contribution in [-0.4, -0.2) is 25.6 Å². The fourth-order valence-corrected chi connectivity index (χ4v) is 3.23. The summed E-state index contributed by atoms with van der Waals surface area (Å²) in [5, 5.41) is 3.40. The second-order valence-corrected chi connectivity index (χ2v) is 8.06. The highest BCUT2D eigenvalue weighted by atomic mass is 32.2. The van der Waals surface area contributed by atoms with Crippen molar-refractivity contribution in [1.29, 1.82) is 0 Å². The molecule has 0 radical (unpaired) electrons. The minimum Gasteiger partial charge on any atom is -0.344 e. The molecule has 0 spiro atoms. The first-order valence-electron chi connectivity index (χ1n) is 7.92. The lowest BCUT2D eigenvalue weighted by Crippen LogP contribution is -2.27. The van der Waals surface area contributed by atoms with E-state index in [-0.39, 0.29) is 22.1 Å². The van der Waals surface area contributed by atoms with Crippen molar-refractivity contribution in [3.05, 3.63) is 71.7 Å². The fraction of sp³-hybridized carbons (Fsp3) is 0.158. The van der Waals surface area contributed by atoms with E-state index in [1.165, 1.54) is 24.3 Å². The van der Waals surface area contributed by atoms with E-state index in [1.807, 2.05) is 0 Å². The van der Waals surface area contributed by atoms with E-state index in [9.17, 15) is 17.6 Å². The van der Waals surface area contributed by atoms with E-state index in [4.69, 9.17) is 0 Å². The van der Waals surface area contributed by atoms with Crippen LogP contribution in [0.15, 0.2) is 59.5 Å². The Morgan fingerprint density at radius 1 is 1.08 bits per heavy atom. The zero-order chi connectivity index (χ0) is 18.9. The molecule has 0 aliphatic carbocycles. The topological polar surface area (TPSA) is 76.1 Å². The van der Waals surface area contributed by atoms with Crippen molar-refractivity contribution in [2.75, 3.05) is 6.26 Å². The van der Waals surface area contributed by atoms with Gasteiger partial charge in [-0.05, 0) is 36.8 Å². The van der Waals surface area contributed by atoms with Crippen LogP contribution in [-0.2, 0) is 9.84 Å². The third-order valence-corrected chi connectivity index (χ3v) is 5.19. The third kappa shape index (κ3) is 3.72. The second kappa shape index (κ2) is 6.84. The lowest BCUT2D eigenvalue weighted by molar-refractivity contribution is 0.0935. The molecular formula is C19H17FN2O3S. The van der Waals surface area contributed by atoms with Crippen LogP contribution in [0.4, 0.5) is 4.39 Å². The number of aromatic nitrogens is 1. The molecule has 1 amide bonds. The number of carbonyl (C=O) groups excluding carboxylic acids is 1.